The maximum atomic E-state index is 8.99. The summed E-state index contributed by atoms with van der Waals surface area (Å²) in [6.45, 7) is 0. The highest BCUT2D eigenvalue weighted by atomic mass is 35.5. The number of aromatic nitrogens is 3. The smallest absolute Gasteiger partial charge is 0.174 e. The van der Waals surface area contributed by atoms with E-state index in [4.69, 9.17) is 22.6 Å². The zero-order valence-electron chi connectivity index (χ0n) is 9.71. The van der Waals surface area contributed by atoms with Crippen molar-refractivity contribution in [3.05, 3.63) is 47.2 Å². The summed E-state index contributed by atoms with van der Waals surface area (Å²) in [5, 5.41) is 14.4. The topological polar surface area (TPSA) is 80.5 Å². The van der Waals surface area contributed by atoms with Crippen LogP contribution in [0, 0.1) is 11.3 Å². The molecule has 3 aromatic rings. The van der Waals surface area contributed by atoms with E-state index in [1.165, 1.54) is 6.20 Å². The number of rotatable bonds is 1. The van der Waals surface area contributed by atoms with Crippen molar-refractivity contribution in [1.82, 2.24) is 14.8 Å². The Bertz CT molecular complexity index is 816. The molecule has 92 valence electrons. The van der Waals surface area contributed by atoms with E-state index in [-0.39, 0.29) is 5.02 Å². The quantitative estimate of drug-likeness (QED) is 0.688. The second kappa shape index (κ2) is 4.26. The maximum Gasteiger partial charge on any atom is 0.174 e. The number of anilines is 1. The molecule has 1 aromatic carbocycles. The van der Waals surface area contributed by atoms with E-state index >= 15 is 0 Å². The maximum absolute atomic E-state index is 8.99. The van der Waals surface area contributed by atoms with Gasteiger partial charge in [-0.2, -0.15) is 10.4 Å². The van der Waals surface area contributed by atoms with Crippen LogP contribution in [0.15, 0.2) is 36.7 Å². The summed E-state index contributed by atoms with van der Waals surface area (Å²) in [6, 6.07) is 9.04. The number of nitrogens with two attached hydrogens (primary N) is 1. The SMILES string of the molecule is N#Cc1ccnc(-n2ncc3ccc(N)cc32)c1Cl. The molecule has 2 heterocycles. The Morgan fingerprint density at radius 3 is 2.95 bits per heavy atom. The minimum atomic E-state index is 0.275. The summed E-state index contributed by atoms with van der Waals surface area (Å²) in [6.07, 6.45) is 3.23. The number of hydrogen-bond acceptors (Lipinski definition) is 4. The first kappa shape index (κ1) is 11.5. The number of hydrogen-bond donors (Lipinski definition) is 1. The van der Waals surface area contributed by atoms with E-state index in [2.05, 4.69) is 10.1 Å². The van der Waals surface area contributed by atoms with Crippen molar-refractivity contribution in [2.75, 3.05) is 5.73 Å². The van der Waals surface area contributed by atoms with Gasteiger partial charge < -0.3 is 5.73 Å². The first-order valence-electron chi connectivity index (χ1n) is 5.49. The van der Waals surface area contributed by atoms with E-state index in [0.29, 0.717) is 17.1 Å². The van der Waals surface area contributed by atoms with Crippen molar-refractivity contribution in [1.29, 1.82) is 5.26 Å². The molecular weight excluding hydrogens is 262 g/mol. The third kappa shape index (κ3) is 1.79. The van der Waals surface area contributed by atoms with Gasteiger partial charge in [-0.15, -0.1) is 0 Å². The Kier molecular flexibility index (Phi) is 2.58. The fourth-order valence-corrected chi connectivity index (χ4v) is 2.11. The van der Waals surface area contributed by atoms with Crippen molar-refractivity contribution in [3.63, 3.8) is 0 Å². The molecular formula is C13H8ClN5. The van der Waals surface area contributed by atoms with Crippen LogP contribution in [0.1, 0.15) is 5.56 Å². The standard InChI is InChI=1S/C13H8ClN5/c14-12-8(6-15)3-4-17-13(12)19-11-5-10(16)2-1-9(11)7-18-19/h1-5,7H,16H2. The third-order valence-electron chi connectivity index (χ3n) is 2.79. The number of nitrogens with zero attached hydrogens (tertiary/aromatic N) is 4. The molecule has 0 saturated heterocycles. The van der Waals surface area contributed by atoms with Crippen LogP contribution in [0.2, 0.25) is 5.02 Å². The van der Waals surface area contributed by atoms with E-state index in [1.54, 1.807) is 29.1 Å². The second-order valence-corrected chi connectivity index (χ2v) is 4.36. The van der Waals surface area contributed by atoms with E-state index in [1.807, 2.05) is 12.1 Å². The van der Waals surface area contributed by atoms with Gasteiger partial charge in [-0.3, -0.25) is 0 Å². The monoisotopic (exact) mass is 269 g/mol. The Morgan fingerprint density at radius 1 is 1.32 bits per heavy atom. The van der Waals surface area contributed by atoms with Gasteiger partial charge in [-0.25, -0.2) is 9.67 Å². The molecule has 0 unspecified atom stereocenters. The number of benzene rings is 1. The summed E-state index contributed by atoms with van der Waals surface area (Å²) in [4.78, 5) is 4.19. The molecule has 6 heteroatoms. The molecule has 0 saturated carbocycles. The number of nitriles is 1. The minimum absolute atomic E-state index is 0.275. The number of fused-ring (bicyclic) bond motifs is 1. The molecule has 0 fully saturated rings. The van der Waals surface area contributed by atoms with Crippen molar-refractivity contribution < 1.29 is 0 Å². The largest absolute Gasteiger partial charge is 0.399 e. The summed E-state index contributed by atoms with van der Waals surface area (Å²) < 4.78 is 1.58. The predicted molar refractivity (Wildman–Crippen MR) is 73.0 cm³/mol. The van der Waals surface area contributed by atoms with Gasteiger partial charge in [0.15, 0.2) is 5.82 Å². The van der Waals surface area contributed by atoms with Crippen LogP contribution in [0.5, 0.6) is 0 Å². The van der Waals surface area contributed by atoms with Crippen molar-refractivity contribution in [3.8, 4) is 11.9 Å². The lowest BCUT2D eigenvalue weighted by Gasteiger charge is -2.06. The average Bonchev–Trinajstić information content (AvgIpc) is 2.82. The fraction of sp³-hybridized carbons (Fsp3) is 0. The van der Waals surface area contributed by atoms with Gasteiger partial charge in [0.2, 0.25) is 0 Å². The van der Waals surface area contributed by atoms with Crippen LogP contribution in [0.3, 0.4) is 0 Å². The second-order valence-electron chi connectivity index (χ2n) is 3.98. The summed E-state index contributed by atoms with van der Waals surface area (Å²) in [7, 11) is 0. The normalized spacial score (nSPS) is 10.5. The molecule has 0 radical (unpaired) electrons. The summed E-state index contributed by atoms with van der Waals surface area (Å²) in [5.41, 5.74) is 7.56. The van der Waals surface area contributed by atoms with Gasteiger partial charge in [-0.05, 0) is 24.3 Å². The highest BCUT2D eigenvalue weighted by molar-refractivity contribution is 6.33. The molecule has 19 heavy (non-hydrogen) atoms. The van der Waals surface area contributed by atoms with E-state index in [9.17, 15) is 0 Å². The van der Waals surface area contributed by atoms with Crippen LogP contribution in [-0.4, -0.2) is 14.8 Å². The number of pyridine rings is 1. The lowest BCUT2D eigenvalue weighted by molar-refractivity contribution is 0.874. The van der Waals surface area contributed by atoms with Crippen LogP contribution >= 0.6 is 11.6 Å². The van der Waals surface area contributed by atoms with Crippen molar-refractivity contribution in [2.45, 2.75) is 0 Å². The minimum Gasteiger partial charge on any atom is -0.399 e. The van der Waals surface area contributed by atoms with Crippen LogP contribution in [-0.2, 0) is 0 Å². The zero-order chi connectivity index (χ0) is 13.4. The Balaban J connectivity index is 2.31. The Morgan fingerprint density at radius 2 is 2.16 bits per heavy atom. The Hall–Kier alpha value is -2.58. The predicted octanol–water partition coefficient (Wildman–Crippen LogP) is 2.53. The van der Waals surface area contributed by atoms with Gasteiger partial charge in [0, 0.05) is 17.3 Å². The van der Waals surface area contributed by atoms with Crippen LogP contribution < -0.4 is 5.73 Å². The average molecular weight is 270 g/mol. The molecule has 0 spiro atoms. The molecule has 5 nitrogen and oxygen atoms in total. The molecule has 2 N–H and O–H groups in total. The van der Waals surface area contributed by atoms with Crippen LogP contribution in [0.4, 0.5) is 5.69 Å². The van der Waals surface area contributed by atoms with E-state index < -0.39 is 0 Å². The molecule has 2 aromatic heterocycles. The first-order valence-corrected chi connectivity index (χ1v) is 5.87. The molecule has 0 bridgehead atoms. The van der Waals surface area contributed by atoms with Gasteiger partial charge in [0.1, 0.15) is 11.1 Å². The highest BCUT2D eigenvalue weighted by Crippen LogP contribution is 2.26. The van der Waals surface area contributed by atoms with Gasteiger partial charge in [0.05, 0.1) is 17.3 Å². The van der Waals surface area contributed by atoms with Gasteiger partial charge in [0.25, 0.3) is 0 Å². The summed E-state index contributed by atoms with van der Waals surface area (Å²) in [5.74, 6) is 0.418. The molecule has 0 aliphatic heterocycles. The highest BCUT2D eigenvalue weighted by Gasteiger charge is 2.12. The third-order valence-corrected chi connectivity index (χ3v) is 3.16. The van der Waals surface area contributed by atoms with Crippen molar-refractivity contribution in [2.24, 2.45) is 0 Å². The van der Waals surface area contributed by atoms with Gasteiger partial charge in [-0.1, -0.05) is 11.6 Å². The molecule has 0 amide bonds. The molecule has 0 atom stereocenters. The van der Waals surface area contributed by atoms with Crippen molar-refractivity contribution >= 4 is 28.2 Å². The zero-order valence-corrected chi connectivity index (χ0v) is 10.5. The summed E-state index contributed by atoms with van der Waals surface area (Å²) >= 11 is 6.16. The van der Waals surface area contributed by atoms with E-state index in [0.717, 1.165) is 10.9 Å². The molecule has 3 rings (SSSR count). The fourth-order valence-electron chi connectivity index (χ4n) is 1.87. The lowest BCUT2D eigenvalue weighted by Crippen LogP contribution is -2.01. The number of halogens is 1. The molecule has 0 aliphatic rings. The lowest BCUT2D eigenvalue weighted by atomic mass is 10.2. The number of nitrogen functional groups attached to an aromatic ring is 1. The molecule has 0 aliphatic carbocycles. The van der Waals surface area contributed by atoms with Crippen LogP contribution in [0.25, 0.3) is 16.7 Å². The first-order chi connectivity index (χ1) is 9.20. The Labute approximate surface area is 113 Å². The van der Waals surface area contributed by atoms with Gasteiger partial charge >= 0.3 is 0 Å².